The number of hydrogen-bond acceptors (Lipinski definition) is 2. The zero-order chi connectivity index (χ0) is 11.5. The zero-order valence-electron chi connectivity index (χ0n) is 9.19. The van der Waals surface area contributed by atoms with Crippen LogP contribution in [0.25, 0.3) is 17.8 Å². The minimum absolute atomic E-state index is 0.861. The van der Waals surface area contributed by atoms with Gasteiger partial charge in [0.25, 0.3) is 0 Å². The summed E-state index contributed by atoms with van der Waals surface area (Å²) < 4.78 is 1.82. The maximum atomic E-state index is 4.28. The Kier molecular flexibility index (Phi) is 2.43. The molecule has 0 bridgehead atoms. The monoisotopic (exact) mass is 221 g/mol. The van der Waals surface area contributed by atoms with Crippen molar-refractivity contribution in [2.45, 2.75) is 0 Å². The van der Waals surface area contributed by atoms with E-state index in [1.54, 1.807) is 6.20 Å². The summed E-state index contributed by atoms with van der Waals surface area (Å²) in [4.78, 5) is 4.28. The molecule has 82 valence electrons. The predicted octanol–water partition coefficient (Wildman–Crippen LogP) is 2.90. The Bertz CT molecular complexity index is 653. The summed E-state index contributed by atoms with van der Waals surface area (Å²) in [6.07, 6.45) is 7.65. The van der Waals surface area contributed by atoms with Crippen LogP contribution in [-0.4, -0.2) is 14.6 Å². The van der Waals surface area contributed by atoms with Gasteiger partial charge in [-0.15, -0.1) is 0 Å². The Morgan fingerprint density at radius 1 is 0.941 bits per heavy atom. The zero-order valence-corrected chi connectivity index (χ0v) is 9.19. The molecule has 2 heterocycles. The van der Waals surface area contributed by atoms with Crippen LogP contribution in [0.2, 0.25) is 0 Å². The third-order valence-corrected chi connectivity index (χ3v) is 2.55. The van der Waals surface area contributed by atoms with Gasteiger partial charge in [-0.1, -0.05) is 36.4 Å². The molecule has 0 aliphatic rings. The van der Waals surface area contributed by atoms with Crippen LogP contribution in [0.15, 0.2) is 54.9 Å². The van der Waals surface area contributed by atoms with Gasteiger partial charge in [-0.25, -0.2) is 9.50 Å². The highest BCUT2D eigenvalue weighted by molar-refractivity contribution is 5.68. The molecule has 17 heavy (non-hydrogen) atoms. The Labute approximate surface area is 99.1 Å². The van der Waals surface area contributed by atoms with Crippen LogP contribution in [0, 0.1) is 0 Å². The van der Waals surface area contributed by atoms with Gasteiger partial charge in [-0.3, -0.25) is 0 Å². The summed E-state index contributed by atoms with van der Waals surface area (Å²) in [5, 5.41) is 4.26. The van der Waals surface area contributed by atoms with Gasteiger partial charge in [-0.2, -0.15) is 5.10 Å². The van der Waals surface area contributed by atoms with Crippen molar-refractivity contribution >= 4 is 17.8 Å². The topological polar surface area (TPSA) is 30.2 Å². The summed E-state index contributed by atoms with van der Waals surface area (Å²) in [6.45, 7) is 0. The van der Waals surface area contributed by atoms with E-state index in [2.05, 4.69) is 28.3 Å². The lowest BCUT2D eigenvalue weighted by Gasteiger charge is -1.94. The molecule has 3 nitrogen and oxygen atoms in total. The van der Waals surface area contributed by atoms with Crippen LogP contribution >= 0.6 is 0 Å². The van der Waals surface area contributed by atoms with E-state index in [4.69, 9.17) is 0 Å². The normalized spacial score (nSPS) is 11.3. The summed E-state index contributed by atoms with van der Waals surface area (Å²) in [7, 11) is 0. The quantitative estimate of drug-likeness (QED) is 0.666. The number of benzene rings is 1. The maximum absolute atomic E-state index is 4.28. The number of rotatable bonds is 2. The lowest BCUT2D eigenvalue weighted by Crippen LogP contribution is -1.91. The van der Waals surface area contributed by atoms with Gasteiger partial charge in [0.15, 0.2) is 5.65 Å². The van der Waals surface area contributed by atoms with Crippen molar-refractivity contribution < 1.29 is 0 Å². The van der Waals surface area contributed by atoms with Gasteiger partial charge < -0.3 is 0 Å². The lowest BCUT2D eigenvalue weighted by molar-refractivity contribution is 0.926. The minimum Gasteiger partial charge on any atom is -0.235 e. The molecule has 0 saturated heterocycles. The van der Waals surface area contributed by atoms with E-state index < -0.39 is 0 Å². The van der Waals surface area contributed by atoms with Crippen LogP contribution in [0.1, 0.15) is 11.3 Å². The van der Waals surface area contributed by atoms with Gasteiger partial charge in [0.2, 0.25) is 0 Å². The molecule has 0 radical (unpaired) electrons. The first-order valence-corrected chi connectivity index (χ1v) is 5.45. The summed E-state index contributed by atoms with van der Waals surface area (Å²) in [5.74, 6) is 0. The molecule has 0 aliphatic carbocycles. The molecule has 3 heteroatoms. The highest BCUT2D eigenvalue weighted by atomic mass is 15.2. The third kappa shape index (κ3) is 1.95. The number of aromatic nitrogens is 3. The fourth-order valence-electron chi connectivity index (χ4n) is 1.71. The predicted molar refractivity (Wildman–Crippen MR) is 68.4 cm³/mol. The second kappa shape index (κ2) is 4.22. The third-order valence-electron chi connectivity index (χ3n) is 2.55. The van der Waals surface area contributed by atoms with Crippen LogP contribution in [0.5, 0.6) is 0 Å². The van der Waals surface area contributed by atoms with Crippen molar-refractivity contribution in [2.24, 2.45) is 0 Å². The van der Waals surface area contributed by atoms with E-state index in [0.29, 0.717) is 0 Å². The molecular weight excluding hydrogens is 210 g/mol. The first-order chi connectivity index (χ1) is 8.43. The number of imidazole rings is 1. The van der Waals surface area contributed by atoms with E-state index in [1.165, 1.54) is 5.56 Å². The Balaban J connectivity index is 1.98. The van der Waals surface area contributed by atoms with Crippen LogP contribution in [0.3, 0.4) is 0 Å². The van der Waals surface area contributed by atoms with Crippen LogP contribution < -0.4 is 0 Å². The average Bonchev–Trinajstić information content (AvgIpc) is 2.81. The first kappa shape index (κ1) is 9.78. The van der Waals surface area contributed by atoms with Gasteiger partial charge >= 0.3 is 0 Å². The fourth-order valence-corrected chi connectivity index (χ4v) is 1.71. The highest BCUT2D eigenvalue weighted by Gasteiger charge is 1.98. The maximum Gasteiger partial charge on any atom is 0.154 e. The average molecular weight is 221 g/mol. The molecule has 0 aliphatic heterocycles. The van der Waals surface area contributed by atoms with E-state index in [-0.39, 0.29) is 0 Å². The number of nitrogens with zero attached hydrogens (tertiary/aromatic N) is 3. The second-order valence-corrected chi connectivity index (χ2v) is 3.72. The molecule has 0 N–H and O–H groups in total. The molecular formula is C14H11N3. The molecule has 0 spiro atoms. The second-order valence-electron chi connectivity index (χ2n) is 3.72. The molecule has 0 atom stereocenters. The van der Waals surface area contributed by atoms with Gasteiger partial charge in [0.1, 0.15) is 0 Å². The van der Waals surface area contributed by atoms with E-state index in [1.807, 2.05) is 47.1 Å². The van der Waals surface area contributed by atoms with E-state index in [0.717, 1.165) is 11.3 Å². The highest BCUT2D eigenvalue weighted by Crippen LogP contribution is 2.09. The largest absolute Gasteiger partial charge is 0.235 e. The number of hydrogen-bond donors (Lipinski definition) is 0. The summed E-state index contributed by atoms with van der Waals surface area (Å²) in [6, 6.07) is 14.0. The Morgan fingerprint density at radius 3 is 2.71 bits per heavy atom. The molecule has 3 rings (SSSR count). The van der Waals surface area contributed by atoms with Crippen molar-refractivity contribution in [3.63, 3.8) is 0 Å². The van der Waals surface area contributed by atoms with Crippen molar-refractivity contribution in [3.05, 3.63) is 66.1 Å². The van der Waals surface area contributed by atoms with Crippen molar-refractivity contribution in [2.75, 3.05) is 0 Å². The molecule has 0 fully saturated rings. The SMILES string of the molecule is C(=Cc1cnc2cccnn12)c1ccccc1. The Morgan fingerprint density at radius 2 is 1.82 bits per heavy atom. The summed E-state index contributed by atoms with van der Waals surface area (Å²) >= 11 is 0. The molecule has 2 aromatic heterocycles. The molecule has 1 aromatic carbocycles. The molecule has 0 saturated carbocycles. The first-order valence-electron chi connectivity index (χ1n) is 5.45. The minimum atomic E-state index is 0.861. The smallest absolute Gasteiger partial charge is 0.154 e. The lowest BCUT2D eigenvalue weighted by atomic mass is 10.2. The van der Waals surface area contributed by atoms with E-state index in [9.17, 15) is 0 Å². The van der Waals surface area contributed by atoms with Crippen molar-refractivity contribution in [1.82, 2.24) is 14.6 Å². The van der Waals surface area contributed by atoms with Gasteiger partial charge in [-0.05, 0) is 23.8 Å². The fraction of sp³-hybridized carbons (Fsp3) is 0. The standard InChI is InChI=1S/C14H11N3/c1-2-5-12(6-3-1)8-9-13-11-15-14-7-4-10-16-17(13)14/h1-11H. The molecule has 0 amide bonds. The van der Waals surface area contributed by atoms with E-state index >= 15 is 0 Å². The molecule has 3 aromatic rings. The summed E-state index contributed by atoms with van der Waals surface area (Å²) in [5.41, 5.74) is 3.00. The number of fused-ring (bicyclic) bond motifs is 1. The van der Waals surface area contributed by atoms with Gasteiger partial charge in [0, 0.05) is 6.20 Å². The van der Waals surface area contributed by atoms with Crippen LogP contribution in [-0.2, 0) is 0 Å². The molecule has 0 unspecified atom stereocenters. The van der Waals surface area contributed by atoms with Gasteiger partial charge in [0.05, 0.1) is 11.9 Å². The van der Waals surface area contributed by atoms with Crippen molar-refractivity contribution in [1.29, 1.82) is 0 Å². The van der Waals surface area contributed by atoms with Crippen molar-refractivity contribution in [3.8, 4) is 0 Å². The van der Waals surface area contributed by atoms with Crippen LogP contribution in [0.4, 0.5) is 0 Å². The Hall–Kier alpha value is -2.42.